The van der Waals surface area contributed by atoms with Crippen molar-refractivity contribution in [3.05, 3.63) is 72.7 Å². The Labute approximate surface area is 201 Å². The number of nitrogens with zero attached hydrogens (tertiary/aromatic N) is 3. The number of anilines is 1. The maximum atomic E-state index is 12.6. The molecule has 3 aliphatic rings. The molecule has 4 rings (SSSR count). The van der Waals surface area contributed by atoms with Crippen LogP contribution >= 0.6 is 0 Å². The highest BCUT2D eigenvalue weighted by Crippen LogP contribution is 2.33. The first kappa shape index (κ1) is 23.5. The molecule has 0 spiro atoms. The summed E-state index contributed by atoms with van der Waals surface area (Å²) >= 11 is 0. The summed E-state index contributed by atoms with van der Waals surface area (Å²) in [5, 5.41) is 7.12. The lowest BCUT2D eigenvalue weighted by Gasteiger charge is -2.37. The summed E-state index contributed by atoms with van der Waals surface area (Å²) in [5.41, 5.74) is 2.88. The maximum absolute atomic E-state index is 12.6. The zero-order valence-electron chi connectivity index (χ0n) is 19.5. The predicted molar refractivity (Wildman–Crippen MR) is 133 cm³/mol. The molecule has 3 heterocycles. The number of rotatable bonds is 12. The second-order valence-electron chi connectivity index (χ2n) is 8.76. The number of hydrazine groups is 1. The Morgan fingerprint density at radius 2 is 1.44 bits per heavy atom. The number of fused-ring (bicyclic) bond motifs is 3. The van der Waals surface area contributed by atoms with Gasteiger partial charge < -0.3 is 5.32 Å². The van der Waals surface area contributed by atoms with Crippen LogP contribution in [0.5, 0.6) is 0 Å². The number of unbranched alkanes of at least 4 members (excludes halogenated alkanes) is 7. The molecule has 0 bridgehead atoms. The molecule has 0 unspecified atom stereocenters. The van der Waals surface area contributed by atoms with E-state index in [1.54, 1.807) is 0 Å². The van der Waals surface area contributed by atoms with Crippen molar-refractivity contribution in [2.45, 2.75) is 57.8 Å². The van der Waals surface area contributed by atoms with Crippen molar-refractivity contribution in [2.75, 3.05) is 11.6 Å². The van der Waals surface area contributed by atoms with Crippen LogP contribution in [-0.4, -0.2) is 34.2 Å². The quantitative estimate of drug-likeness (QED) is 0.364. The van der Waals surface area contributed by atoms with Crippen molar-refractivity contribution in [1.29, 1.82) is 0 Å². The summed E-state index contributed by atoms with van der Waals surface area (Å²) in [7, 11) is 0. The van der Waals surface area contributed by atoms with E-state index in [1.165, 1.54) is 17.1 Å². The number of hydrogen-bond acceptors (Lipinski definition) is 5. The molecule has 0 atom stereocenters. The number of imide groups is 1. The van der Waals surface area contributed by atoms with Crippen LogP contribution in [0.3, 0.4) is 0 Å². The molecule has 0 radical (unpaired) electrons. The van der Waals surface area contributed by atoms with Crippen LogP contribution in [0.15, 0.2) is 67.2 Å². The van der Waals surface area contributed by atoms with E-state index in [4.69, 9.17) is 0 Å². The van der Waals surface area contributed by atoms with Crippen molar-refractivity contribution in [3.8, 4) is 0 Å². The third-order valence-corrected chi connectivity index (χ3v) is 6.24. The van der Waals surface area contributed by atoms with Gasteiger partial charge in [-0.25, -0.2) is 0 Å². The van der Waals surface area contributed by atoms with Crippen LogP contribution in [0.25, 0.3) is 5.70 Å². The fraction of sp³-hybridized carbons (Fsp3) is 0.370. The molecule has 3 aliphatic heterocycles. The molecule has 1 aromatic rings. The molecule has 34 heavy (non-hydrogen) atoms. The first-order chi connectivity index (χ1) is 16.6. The summed E-state index contributed by atoms with van der Waals surface area (Å²) in [6, 6.07) is 8.07. The normalized spacial score (nSPS) is 16.1. The lowest BCUT2D eigenvalue weighted by atomic mass is 10.1. The third-order valence-electron chi connectivity index (χ3n) is 6.24. The van der Waals surface area contributed by atoms with Gasteiger partial charge in [0, 0.05) is 43.1 Å². The molecule has 0 saturated carbocycles. The van der Waals surface area contributed by atoms with Gasteiger partial charge in [-0.05, 0) is 31.1 Å². The monoisotopic (exact) mass is 460 g/mol. The Kier molecular flexibility index (Phi) is 7.96. The largest absolute Gasteiger partial charge is 0.324 e. The molecule has 7 heteroatoms. The van der Waals surface area contributed by atoms with Gasteiger partial charge in [0.25, 0.3) is 11.8 Å². The fourth-order valence-corrected chi connectivity index (χ4v) is 4.41. The van der Waals surface area contributed by atoms with Crippen LogP contribution in [-0.2, 0) is 14.4 Å². The molecule has 0 aromatic heterocycles. The third kappa shape index (κ3) is 5.84. The lowest BCUT2D eigenvalue weighted by molar-refractivity contribution is -0.136. The molecular formula is C27H32N4O3. The van der Waals surface area contributed by atoms with E-state index >= 15 is 0 Å². The second kappa shape index (κ2) is 11.5. The van der Waals surface area contributed by atoms with Crippen molar-refractivity contribution in [1.82, 2.24) is 15.2 Å². The molecule has 1 aromatic carbocycles. The SMILES string of the molecule is O=C(CCCCCCCCCCN1C(=O)C=CC1=O)NC1=CN2C=CC=CN2c2ccccc21. The summed E-state index contributed by atoms with van der Waals surface area (Å²) in [5.74, 6) is -0.340. The maximum Gasteiger partial charge on any atom is 0.253 e. The van der Waals surface area contributed by atoms with E-state index in [0.29, 0.717) is 13.0 Å². The molecule has 0 aliphatic carbocycles. The van der Waals surface area contributed by atoms with E-state index < -0.39 is 0 Å². The Morgan fingerprint density at radius 1 is 0.794 bits per heavy atom. The fourth-order valence-electron chi connectivity index (χ4n) is 4.41. The van der Waals surface area contributed by atoms with Gasteiger partial charge in [0.1, 0.15) is 0 Å². The summed E-state index contributed by atoms with van der Waals surface area (Å²) in [4.78, 5) is 36.9. The van der Waals surface area contributed by atoms with Crippen LogP contribution in [0.1, 0.15) is 63.4 Å². The van der Waals surface area contributed by atoms with Gasteiger partial charge in [-0.2, -0.15) is 0 Å². The molecule has 0 fully saturated rings. The first-order valence-electron chi connectivity index (χ1n) is 12.2. The summed E-state index contributed by atoms with van der Waals surface area (Å²) in [6.07, 6.45) is 21.4. The minimum Gasteiger partial charge on any atom is -0.324 e. The standard InChI is InChI=1S/C27H32N4O3/c32-25(15-7-5-3-1-2-4-6-10-19-30-26(33)16-17-27(30)34)28-23-21-29-18-11-12-20-31(29)24-14-9-8-13-22(23)24/h8-9,11-14,16-18,20-21H,1-7,10,15,19H2,(H,28,32). The van der Waals surface area contributed by atoms with Crippen molar-refractivity contribution < 1.29 is 14.4 Å². The van der Waals surface area contributed by atoms with Gasteiger partial charge in [-0.15, -0.1) is 0 Å². The van der Waals surface area contributed by atoms with Gasteiger partial charge >= 0.3 is 0 Å². The van der Waals surface area contributed by atoms with Crippen LogP contribution < -0.4 is 10.3 Å². The first-order valence-corrected chi connectivity index (χ1v) is 12.2. The van der Waals surface area contributed by atoms with Gasteiger partial charge in [-0.3, -0.25) is 29.3 Å². The minimum atomic E-state index is -0.194. The lowest BCUT2D eigenvalue weighted by Crippen LogP contribution is -2.37. The predicted octanol–water partition coefficient (Wildman–Crippen LogP) is 4.62. The average molecular weight is 461 g/mol. The second-order valence-corrected chi connectivity index (χ2v) is 8.76. The van der Waals surface area contributed by atoms with E-state index in [1.807, 2.05) is 65.0 Å². The van der Waals surface area contributed by atoms with Crippen LogP contribution in [0.4, 0.5) is 5.69 Å². The summed E-state index contributed by atoms with van der Waals surface area (Å²) < 4.78 is 0. The topological polar surface area (TPSA) is 73.0 Å². The highest BCUT2D eigenvalue weighted by atomic mass is 16.2. The van der Waals surface area contributed by atoms with Gasteiger partial charge in [-0.1, -0.05) is 56.7 Å². The number of hydrogen-bond donors (Lipinski definition) is 1. The Morgan fingerprint density at radius 3 is 2.21 bits per heavy atom. The van der Waals surface area contributed by atoms with E-state index in [-0.39, 0.29) is 17.7 Å². The number of carbonyl (C=O) groups is 3. The van der Waals surface area contributed by atoms with Gasteiger partial charge in [0.15, 0.2) is 0 Å². The number of amides is 3. The van der Waals surface area contributed by atoms with Crippen molar-refractivity contribution in [3.63, 3.8) is 0 Å². The minimum absolute atomic E-state index is 0.0477. The molecule has 0 saturated heterocycles. The Hall–Kier alpha value is -3.61. The van der Waals surface area contributed by atoms with E-state index in [9.17, 15) is 14.4 Å². The molecule has 3 amide bonds. The zero-order chi connectivity index (χ0) is 23.8. The van der Waals surface area contributed by atoms with E-state index in [2.05, 4.69) is 5.32 Å². The molecule has 1 N–H and O–H groups in total. The number of para-hydroxylation sites is 1. The Balaban J connectivity index is 1.09. The highest BCUT2D eigenvalue weighted by Gasteiger charge is 2.24. The van der Waals surface area contributed by atoms with Gasteiger partial charge in [0.05, 0.1) is 17.6 Å². The van der Waals surface area contributed by atoms with Crippen molar-refractivity contribution >= 4 is 29.1 Å². The summed E-state index contributed by atoms with van der Waals surface area (Å²) in [6.45, 7) is 0.517. The van der Waals surface area contributed by atoms with Crippen LogP contribution in [0.2, 0.25) is 0 Å². The average Bonchev–Trinajstić information content (AvgIpc) is 3.17. The number of nitrogens with one attached hydrogen (secondary N) is 1. The van der Waals surface area contributed by atoms with E-state index in [0.717, 1.165) is 68.3 Å². The highest BCUT2D eigenvalue weighted by molar-refractivity contribution is 6.12. The Bertz CT molecular complexity index is 1020. The smallest absolute Gasteiger partial charge is 0.253 e. The number of carbonyl (C=O) groups excluding carboxylic acids is 3. The van der Waals surface area contributed by atoms with Crippen molar-refractivity contribution in [2.24, 2.45) is 0 Å². The number of allylic oxidation sites excluding steroid dienone is 2. The molecule has 7 nitrogen and oxygen atoms in total. The van der Waals surface area contributed by atoms with Crippen LogP contribution in [0, 0.1) is 0 Å². The zero-order valence-corrected chi connectivity index (χ0v) is 19.5. The number of benzene rings is 1. The molecule has 178 valence electrons. The van der Waals surface area contributed by atoms with Gasteiger partial charge in [0.2, 0.25) is 5.91 Å². The molecular weight excluding hydrogens is 428 g/mol.